The van der Waals surface area contributed by atoms with Crippen LogP contribution in [0.3, 0.4) is 0 Å². The molecule has 0 radical (unpaired) electrons. The van der Waals surface area contributed by atoms with Crippen LogP contribution in [-0.4, -0.2) is 49.0 Å². The van der Waals surface area contributed by atoms with Gasteiger partial charge in [0.15, 0.2) is 5.78 Å². The number of aryl methyl sites for hydroxylation is 1. The summed E-state index contributed by atoms with van der Waals surface area (Å²) in [4.78, 5) is 40.3. The largest absolute Gasteiger partial charge is 0.481 e. The van der Waals surface area contributed by atoms with E-state index in [0.29, 0.717) is 29.5 Å². The summed E-state index contributed by atoms with van der Waals surface area (Å²) in [6.07, 6.45) is 5.92. The molecule has 9 heteroatoms. The Kier molecular flexibility index (Phi) is 10.6. The fourth-order valence-electron chi connectivity index (χ4n) is 7.87. The summed E-state index contributed by atoms with van der Waals surface area (Å²) in [5.74, 6) is -0.287. The first-order chi connectivity index (χ1) is 21.9. The zero-order valence-corrected chi connectivity index (χ0v) is 28.4. The van der Waals surface area contributed by atoms with Gasteiger partial charge in [0, 0.05) is 24.2 Å². The average molecular weight is 630 g/mol. The number of carbonyl (C=O) groups is 3. The Labute approximate surface area is 275 Å². The number of benzene rings is 2. The third-order valence-corrected chi connectivity index (χ3v) is 10.8. The van der Waals surface area contributed by atoms with E-state index in [9.17, 15) is 14.4 Å². The minimum absolute atomic E-state index is 0.00172. The predicted octanol–water partition coefficient (Wildman–Crippen LogP) is 6.84. The molecule has 3 N–H and O–H groups in total. The summed E-state index contributed by atoms with van der Waals surface area (Å²) < 4.78 is 13.3. The molecule has 1 saturated heterocycles. The number of unbranched alkanes of at least 4 members (excludes halogenated alkanes) is 1. The molecule has 0 spiro atoms. The maximum Gasteiger partial charge on any atom is 0.481 e. The normalized spacial score (nSPS) is 25.6. The van der Waals surface area contributed by atoms with E-state index in [1.54, 1.807) is 12.1 Å². The standard InChI is InChI=1S/C37H52BN3O5/c1-7-8-12-25-15-17-26(18-16-25)30(42)20-27(23-39-35(44)40-29-13-10-9-11-14-29)34(43)41-33(19-24(2)3)38-45-32-22-28-21-31(36(28,4)5)37(32,6)46-38/h9-11,13-18,24,27-28,31-33H,7-8,12,19-23H2,1-6H3,(H,41,43)(H2,39,40,44)/t27-,28+,31+,32+,33-,37-/m0/s1. The number of hydrogen-bond acceptors (Lipinski definition) is 5. The molecule has 8 nitrogen and oxygen atoms in total. The van der Waals surface area contributed by atoms with Crippen LogP contribution in [0.5, 0.6) is 0 Å². The van der Waals surface area contributed by atoms with Crippen molar-refractivity contribution in [2.45, 2.75) is 104 Å². The van der Waals surface area contributed by atoms with Gasteiger partial charge in [0.2, 0.25) is 5.91 Å². The van der Waals surface area contributed by atoms with E-state index in [4.69, 9.17) is 9.31 Å². The smallest absolute Gasteiger partial charge is 0.404 e. The van der Waals surface area contributed by atoms with Crippen molar-refractivity contribution in [1.82, 2.24) is 10.6 Å². The second kappa shape index (κ2) is 14.3. The van der Waals surface area contributed by atoms with Gasteiger partial charge in [-0.25, -0.2) is 4.79 Å². The Bertz CT molecular complexity index is 1370. The van der Waals surface area contributed by atoms with Crippen LogP contribution in [0.1, 0.15) is 96.0 Å². The van der Waals surface area contributed by atoms with Crippen LogP contribution in [0.2, 0.25) is 0 Å². The third-order valence-electron chi connectivity index (χ3n) is 10.8. The first-order valence-corrected chi connectivity index (χ1v) is 17.3. The highest BCUT2D eigenvalue weighted by Crippen LogP contribution is 2.65. The van der Waals surface area contributed by atoms with E-state index < -0.39 is 24.7 Å². The minimum atomic E-state index is -0.783. The molecule has 6 rings (SSSR count). The minimum Gasteiger partial charge on any atom is -0.404 e. The number of Topliss-reactive ketones (excluding diaryl/α,β-unsaturated/α-hetero) is 1. The van der Waals surface area contributed by atoms with Gasteiger partial charge in [-0.05, 0) is 79.9 Å². The average Bonchev–Trinajstić information content (AvgIpc) is 3.39. The Hall–Kier alpha value is -3.17. The lowest BCUT2D eigenvalue weighted by atomic mass is 9.43. The molecule has 4 fully saturated rings. The van der Waals surface area contributed by atoms with Gasteiger partial charge in [-0.15, -0.1) is 0 Å². The third kappa shape index (κ3) is 7.52. The first kappa shape index (κ1) is 34.2. The summed E-state index contributed by atoms with van der Waals surface area (Å²) >= 11 is 0. The van der Waals surface area contributed by atoms with E-state index in [1.807, 2.05) is 42.5 Å². The van der Waals surface area contributed by atoms with Crippen molar-refractivity contribution in [2.75, 3.05) is 11.9 Å². The molecule has 6 atom stereocenters. The highest BCUT2D eigenvalue weighted by Gasteiger charge is 2.68. The molecule has 2 bridgehead atoms. The van der Waals surface area contributed by atoms with Crippen molar-refractivity contribution >= 4 is 30.5 Å². The Morgan fingerprint density at radius 3 is 2.37 bits per heavy atom. The summed E-state index contributed by atoms with van der Waals surface area (Å²) in [6.45, 7) is 13.2. The molecule has 2 aromatic carbocycles. The van der Waals surface area contributed by atoms with Crippen LogP contribution in [-0.2, 0) is 20.5 Å². The fraction of sp³-hybridized carbons (Fsp3) is 0.595. The molecular weight excluding hydrogens is 577 g/mol. The Morgan fingerprint density at radius 2 is 1.72 bits per heavy atom. The summed E-state index contributed by atoms with van der Waals surface area (Å²) in [5.41, 5.74) is 2.22. The zero-order valence-electron chi connectivity index (χ0n) is 28.4. The molecule has 0 unspecified atom stereocenters. The topological polar surface area (TPSA) is 106 Å². The molecule has 3 amide bonds. The molecule has 1 aliphatic heterocycles. The lowest BCUT2D eigenvalue weighted by Gasteiger charge is -2.64. The van der Waals surface area contributed by atoms with Gasteiger partial charge in [-0.3, -0.25) is 9.59 Å². The number of nitrogens with one attached hydrogen (secondary N) is 3. The van der Waals surface area contributed by atoms with Crippen LogP contribution in [0.4, 0.5) is 10.5 Å². The maximum atomic E-state index is 14.0. The SMILES string of the molecule is CCCCc1ccc(C(=O)C[C@@H](CNC(=O)Nc2ccccc2)C(=O)N[C@@H](CC(C)C)B2O[C@@H]3C[C@H]4C[C@H](C4(C)C)[C@]3(C)O2)cc1. The highest BCUT2D eigenvalue weighted by atomic mass is 16.7. The second-order valence-electron chi connectivity index (χ2n) is 14.9. The number of rotatable bonds is 14. The maximum absolute atomic E-state index is 14.0. The van der Waals surface area contributed by atoms with Crippen molar-refractivity contribution in [3.8, 4) is 0 Å². The van der Waals surface area contributed by atoms with E-state index in [1.165, 1.54) is 5.56 Å². The van der Waals surface area contributed by atoms with E-state index in [-0.39, 0.29) is 48.0 Å². The van der Waals surface area contributed by atoms with E-state index >= 15 is 0 Å². The molecule has 3 saturated carbocycles. The van der Waals surface area contributed by atoms with Crippen LogP contribution in [0, 0.1) is 29.1 Å². The van der Waals surface area contributed by atoms with Gasteiger partial charge in [-0.1, -0.05) is 83.5 Å². The van der Waals surface area contributed by atoms with Gasteiger partial charge >= 0.3 is 13.1 Å². The molecule has 4 aliphatic rings. The number of amides is 3. The lowest BCUT2D eigenvalue weighted by molar-refractivity contribution is -0.199. The van der Waals surface area contributed by atoms with Crippen LogP contribution < -0.4 is 16.0 Å². The number of anilines is 1. The summed E-state index contributed by atoms with van der Waals surface area (Å²) in [7, 11) is -0.571. The van der Waals surface area contributed by atoms with Crippen LogP contribution >= 0.6 is 0 Å². The molecule has 2 aromatic rings. The molecule has 46 heavy (non-hydrogen) atoms. The Balaban J connectivity index is 1.29. The lowest BCUT2D eigenvalue weighted by Crippen LogP contribution is -2.65. The summed E-state index contributed by atoms with van der Waals surface area (Å²) in [6, 6.07) is 16.3. The summed E-state index contributed by atoms with van der Waals surface area (Å²) in [5, 5.41) is 8.84. The van der Waals surface area contributed by atoms with Crippen LogP contribution in [0.15, 0.2) is 54.6 Å². The van der Waals surface area contributed by atoms with Crippen molar-refractivity contribution in [1.29, 1.82) is 0 Å². The molecule has 248 valence electrons. The molecular formula is C37H52BN3O5. The van der Waals surface area contributed by atoms with E-state index in [0.717, 1.165) is 32.1 Å². The number of carbonyl (C=O) groups excluding carboxylic acids is 3. The van der Waals surface area contributed by atoms with Crippen molar-refractivity contribution < 1.29 is 23.7 Å². The van der Waals surface area contributed by atoms with Gasteiger partial charge in [0.05, 0.1) is 23.6 Å². The highest BCUT2D eigenvalue weighted by molar-refractivity contribution is 6.47. The van der Waals surface area contributed by atoms with Gasteiger partial charge < -0.3 is 25.3 Å². The number of ketones is 1. The predicted molar refractivity (Wildman–Crippen MR) is 182 cm³/mol. The first-order valence-electron chi connectivity index (χ1n) is 17.3. The molecule has 0 aromatic heterocycles. The van der Waals surface area contributed by atoms with E-state index in [2.05, 4.69) is 57.5 Å². The quantitative estimate of drug-likeness (QED) is 0.157. The number of urea groups is 1. The van der Waals surface area contributed by atoms with Gasteiger partial charge in [-0.2, -0.15) is 0 Å². The van der Waals surface area contributed by atoms with Crippen molar-refractivity contribution in [2.24, 2.45) is 29.1 Å². The van der Waals surface area contributed by atoms with Gasteiger partial charge in [0.1, 0.15) is 0 Å². The zero-order chi connectivity index (χ0) is 33.1. The monoisotopic (exact) mass is 629 g/mol. The van der Waals surface area contributed by atoms with Crippen LogP contribution in [0.25, 0.3) is 0 Å². The van der Waals surface area contributed by atoms with Crippen molar-refractivity contribution in [3.05, 3.63) is 65.7 Å². The number of hydrogen-bond donors (Lipinski definition) is 3. The fourth-order valence-corrected chi connectivity index (χ4v) is 7.87. The Morgan fingerprint density at radius 1 is 1.00 bits per heavy atom. The molecule has 1 heterocycles. The van der Waals surface area contributed by atoms with Gasteiger partial charge in [0.25, 0.3) is 0 Å². The number of para-hydroxylation sites is 1. The second-order valence-corrected chi connectivity index (χ2v) is 14.9. The molecule has 3 aliphatic carbocycles. The van der Waals surface area contributed by atoms with Crippen molar-refractivity contribution in [3.63, 3.8) is 0 Å².